The Labute approximate surface area is 241 Å². The van der Waals surface area contributed by atoms with Crippen LogP contribution in [-0.4, -0.2) is 96.1 Å². The maximum atomic E-state index is 13.2. The predicted octanol–water partition coefficient (Wildman–Crippen LogP) is -0.168. The highest BCUT2D eigenvalue weighted by Gasteiger charge is 2.54. The number of ketones is 1. The van der Waals surface area contributed by atoms with Gasteiger partial charge in [-0.25, -0.2) is 9.59 Å². The largest absolute Gasteiger partial charge is 0.477 e. The van der Waals surface area contributed by atoms with E-state index in [0.717, 1.165) is 28.2 Å². The molecular weight excluding hydrogens is 584 g/mol. The normalized spacial score (nSPS) is 19.5. The number of β-lactam (4-membered cyclic amide) rings is 1. The van der Waals surface area contributed by atoms with E-state index >= 15 is 0 Å². The highest BCUT2D eigenvalue weighted by atomic mass is 32.2. The monoisotopic (exact) mass is 612 g/mol. The highest BCUT2D eigenvalue weighted by molar-refractivity contribution is 8.00. The number of carboxylic acids is 1. The van der Waals surface area contributed by atoms with Crippen molar-refractivity contribution in [3.63, 3.8) is 0 Å². The van der Waals surface area contributed by atoms with Gasteiger partial charge in [0.05, 0.1) is 0 Å². The molecule has 0 saturated carbocycles. The van der Waals surface area contributed by atoms with Crippen LogP contribution in [0, 0.1) is 0 Å². The molecule has 0 aliphatic carbocycles. The van der Waals surface area contributed by atoms with Crippen LogP contribution in [0.25, 0.3) is 0 Å². The van der Waals surface area contributed by atoms with Crippen molar-refractivity contribution < 1.29 is 48.2 Å². The number of oxime groups is 1. The number of fused-ring (bicyclic) bond motifs is 1. The lowest BCUT2D eigenvalue weighted by Gasteiger charge is -2.49. The summed E-state index contributed by atoms with van der Waals surface area (Å²) in [7, 11) is 0. The van der Waals surface area contributed by atoms with Crippen LogP contribution in [0.4, 0.5) is 5.13 Å². The number of rotatable bonds is 11. The topological polar surface area (TPSA) is 230 Å². The van der Waals surface area contributed by atoms with Crippen LogP contribution in [-0.2, 0) is 43.1 Å². The number of aromatic nitrogens is 2. The van der Waals surface area contributed by atoms with E-state index in [4.69, 9.17) is 20.0 Å². The smallest absolute Gasteiger partial charge is 0.352 e. The number of esters is 2. The summed E-state index contributed by atoms with van der Waals surface area (Å²) in [6.45, 7) is 7.14. The molecule has 1 fully saturated rings. The molecule has 0 bridgehead atoms. The van der Waals surface area contributed by atoms with E-state index in [1.165, 1.54) is 13.8 Å². The van der Waals surface area contributed by atoms with Crippen molar-refractivity contribution in [3.8, 4) is 0 Å². The number of aliphatic carboxylic acids is 1. The zero-order chi connectivity index (χ0) is 30.6. The van der Waals surface area contributed by atoms with Gasteiger partial charge in [-0.1, -0.05) is 5.16 Å². The number of hydrogen-bond acceptors (Lipinski definition) is 15. The second kappa shape index (κ2) is 12.6. The summed E-state index contributed by atoms with van der Waals surface area (Å²) in [6, 6.07) is -1.16. The van der Waals surface area contributed by atoms with E-state index in [2.05, 4.69) is 19.8 Å². The molecule has 3 heterocycles. The van der Waals surface area contributed by atoms with E-state index in [0.29, 0.717) is 0 Å². The van der Waals surface area contributed by atoms with E-state index in [1.54, 1.807) is 20.8 Å². The van der Waals surface area contributed by atoms with E-state index < -0.39 is 77.4 Å². The Hall–Kier alpha value is -4.06. The minimum atomic E-state index is -1.43. The van der Waals surface area contributed by atoms with Crippen molar-refractivity contribution >= 4 is 69.6 Å². The molecule has 18 heteroatoms. The molecule has 2 amide bonds. The molecule has 16 nitrogen and oxygen atoms in total. The Morgan fingerprint density at radius 1 is 1.27 bits per heavy atom. The van der Waals surface area contributed by atoms with Gasteiger partial charge < -0.3 is 30.5 Å². The van der Waals surface area contributed by atoms with Gasteiger partial charge in [-0.3, -0.25) is 24.1 Å². The quantitative estimate of drug-likeness (QED) is 0.0969. The number of amides is 2. The number of nitrogens with two attached hydrogens (primary N) is 1. The second-order valence-corrected chi connectivity index (χ2v) is 11.7. The summed E-state index contributed by atoms with van der Waals surface area (Å²) in [4.78, 5) is 83.3. The fourth-order valence-corrected chi connectivity index (χ4v) is 5.26. The average Bonchev–Trinajstić information content (AvgIpc) is 3.29. The molecule has 3 rings (SSSR count). The van der Waals surface area contributed by atoms with Crippen molar-refractivity contribution in [1.29, 1.82) is 0 Å². The first-order valence-corrected chi connectivity index (χ1v) is 13.8. The first kappa shape index (κ1) is 31.5. The number of hydrogen-bond donors (Lipinski definition) is 3. The summed E-state index contributed by atoms with van der Waals surface area (Å²) in [5.41, 5.74) is 4.14. The van der Waals surface area contributed by atoms with Crippen molar-refractivity contribution in [2.24, 2.45) is 5.16 Å². The zero-order valence-corrected chi connectivity index (χ0v) is 24.3. The summed E-state index contributed by atoms with van der Waals surface area (Å²) in [5, 5.41) is 15.2. The van der Waals surface area contributed by atoms with Crippen molar-refractivity contribution in [1.82, 2.24) is 19.6 Å². The fraction of sp³-hybridized carbons (Fsp3) is 0.522. The number of thioether (sulfide) groups is 1. The molecule has 2 unspecified atom stereocenters. The molecule has 0 spiro atoms. The third-order valence-corrected chi connectivity index (χ3v) is 7.13. The Bertz CT molecular complexity index is 1330. The first-order valence-electron chi connectivity index (χ1n) is 12.0. The Morgan fingerprint density at radius 3 is 2.51 bits per heavy atom. The number of nitrogen functional groups attached to an aromatic ring is 1. The molecule has 4 N–H and O–H groups in total. The van der Waals surface area contributed by atoms with Gasteiger partial charge in [0, 0.05) is 22.9 Å². The molecule has 1 saturated heterocycles. The lowest BCUT2D eigenvalue weighted by atomic mass is 10.0. The SMILES string of the molecule is CC(=O)CC(=O)OCC1=C(C(=O)O)N2C(=O)C(NC(=O)C(=NOC(C)C(=O)OC(C)(C)C)c3nsc(N)n3)[C@@H]2SC1. The second-order valence-electron chi connectivity index (χ2n) is 9.83. The van der Waals surface area contributed by atoms with Crippen LogP contribution in [0.15, 0.2) is 16.4 Å². The van der Waals surface area contributed by atoms with Crippen LogP contribution in [0.2, 0.25) is 0 Å². The summed E-state index contributed by atoms with van der Waals surface area (Å²) in [6.07, 6.45) is -1.68. The van der Waals surface area contributed by atoms with E-state index in [9.17, 15) is 33.9 Å². The van der Waals surface area contributed by atoms with Gasteiger partial charge in [0.15, 0.2) is 5.13 Å². The van der Waals surface area contributed by atoms with Crippen molar-refractivity contribution in [2.75, 3.05) is 18.1 Å². The third-order valence-electron chi connectivity index (χ3n) is 5.25. The average molecular weight is 613 g/mol. The van der Waals surface area contributed by atoms with Crippen LogP contribution >= 0.6 is 23.3 Å². The standard InChI is InChI=1S/C23H28N6O10S2/c1-9(30)6-12(31)37-7-11-8-40-19-14(18(33)29(19)15(11)20(34)35)25-17(32)13(16-26-22(24)41-28-16)27-39-10(2)21(36)38-23(3,4)5/h10,14,19H,6-8H2,1-5H3,(H,25,32)(H,34,35)(H2,24,26,28)/t10?,14?,19-/m0/s1. The predicted molar refractivity (Wildman–Crippen MR) is 143 cm³/mol. The van der Waals surface area contributed by atoms with Crippen molar-refractivity contribution in [2.45, 2.75) is 64.2 Å². The van der Waals surface area contributed by atoms with E-state index in [-0.39, 0.29) is 28.0 Å². The van der Waals surface area contributed by atoms with Crippen LogP contribution in [0.3, 0.4) is 0 Å². The van der Waals surface area contributed by atoms with Gasteiger partial charge in [0.25, 0.3) is 11.8 Å². The number of nitrogens with one attached hydrogen (secondary N) is 1. The number of anilines is 1. The Morgan fingerprint density at radius 2 is 1.95 bits per heavy atom. The van der Waals surface area contributed by atoms with Gasteiger partial charge in [-0.05, 0) is 34.6 Å². The van der Waals surface area contributed by atoms with Gasteiger partial charge in [-0.15, -0.1) is 11.8 Å². The van der Waals surface area contributed by atoms with Crippen LogP contribution in [0.5, 0.6) is 0 Å². The number of carbonyl (C=O) groups excluding carboxylic acids is 5. The molecule has 41 heavy (non-hydrogen) atoms. The lowest BCUT2D eigenvalue weighted by Crippen LogP contribution is -2.71. The molecule has 0 radical (unpaired) electrons. The summed E-state index contributed by atoms with van der Waals surface area (Å²) in [5.74, 6) is -5.25. The number of nitrogens with zero attached hydrogens (tertiary/aromatic N) is 4. The third kappa shape index (κ3) is 7.78. The molecule has 2 aliphatic rings. The fourth-order valence-electron chi connectivity index (χ4n) is 3.50. The Kier molecular flexibility index (Phi) is 9.69. The summed E-state index contributed by atoms with van der Waals surface area (Å²) >= 11 is 1.90. The lowest BCUT2D eigenvalue weighted by molar-refractivity contribution is -0.167. The minimum Gasteiger partial charge on any atom is -0.477 e. The molecular formula is C23H28N6O10S2. The number of ether oxygens (including phenoxy) is 2. The minimum absolute atomic E-state index is 0.0159. The molecule has 1 aromatic rings. The maximum Gasteiger partial charge on any atom is 0.352 e. The molecule has 1 aromatic heterocycles. The van der Waals surface area contributed by atoms with Crippen molar-refractivity contribution in [3.05, 3.63) is 17.1 Å². The highest BCUT2D eigenvalue weighted by Crippen LogP contribution is 2.40. The van der Waals surface area contributed by atoms with Gasteiger partial charge in [0.2, 0.25) is 17.6 Å². The van der Waals surface area contributed by atoms with Gasteiger partial charge in [0.1, 0.15) is 41.5 Å². The van der Waals surface area contributed by atoms with E-state index in [1.807, 2.05) is 0 Å². The first-order chi connectivity index (χ1) is 19.1. The number of carbonyl (C=O) groups is 6. The zero-order valence-electron chi connectivity index (χ0n) is 22.7. The molecule has 3 atom stereocenters. The van der Waals surface area contributed by atoms with Gasteiger partial charge in [-0.2, -0.15) is 9.36 Å². The summed E-state index contributed by atoms with van der Waals surface area (Å²) < 4.78 is 14.2. The molecule has 222 valence electrons. The molecule has 0 aromatic carbocycles. The Balaban J connectivity index is 1.76. The molecule has 2 aliphatic heterocycles. The number of carboxylic acid groups (broad SMARTS) is 1. The van der Waals surface area contributed by atoms with Gasteiger partial charge >= 0.3 is 17.9 Å². The number of Topliss-reactive ketones (excluding diaryl/α,β-unsaturated/α-hetero) is 1. The van der Waals surface area contributed by atoms with Crippen LogP contribution < -0.4 is 11.1 Å². The maximum absolute atomic E-state index is 13.2. The van der Waals surface area contributed by atoms with Crippen LogP contribution in [0.1, 0.15) is 46.9 Å².